The Morgan fingerprint density at radius 1 is 1.50 bits per heavy atom. The number of anilines is 1. The van der Waals surface area contributed by atoms with Gasteiger partial charge in [0.15, 0.2) is 0 Å². The zero-order valence-electron chi connectivity index (χ0n) is 11.0. The molecule has 0 amide bonds. The van der Waals surface area contributed by atoms with Crippen molar-refractivity contribution in [3.63, 3.8) is 0 Å². The van der Waals surface area contributed by atoms with Crippen LogP contribution in [0.1, 0.15) is 22.2 Å². The summed E-state index contributed by atoms with van der Waals surface area (Å²) in [6.07, 6.45) is 0.612. The number of methoxy groups -OCH3 is 1. The van der Waals surface area contributed by atoms with E-state index in [1.165, 1.54) is 7.11 Å². The van der Waals surface area contributed by atoms with Gasteiger partial charge in [-0.25, -0.2) is 9.18 Å². The smallest absolute Gasteiger partial charge is 0.350 e. The van der Waals surface area contributed by atoms with Crippen LogP contribution in [0.15, 0.2) is 22.7 Å². The summed E-state index contributed by atoms with van der Waals surface area (Å²) in [6.45, 7) is 1.92. The minimum atomic E-state index is -0.496. The Labute approximate surface area is 128 Å². The fourth-order valence-corrected chi connectivity index (χ4v) is 3.59. The number of ether oxygens (including phenoxy) is 1. The van der Waals surface area contributed by atoms with Crippen LogP contribution in [-0.4, -0.2) is 13.1 Å². The molecule has 0 saturated carbocycles. The number of hydrogen-bond donors (Lipinski definition) is 1. The molecular weight excluding hydrogens is 345 g/mol. The Balaban J connectivity index is 2.68. The maximum Gasteiger partial charge on any atom is 0.350 e. The molecule has 1 aromatic carbocycles. The largest absolute Gasteiger partial charge is 0.465 e. The third-order valence-corrected chi connectivity index (χ3v) is 4.84. The number of hydrogen-bond acceptors (Lipinski definition) is 4. The van der Waals surface area contributed by atoms with E-state index in [4.69, 9.17) is 10.5 Å². The first kappa shape index (κ1) is 15.0. The van der Waals surface area contributed by atoms with Crippen LogP contribution in [0, 0.1) is 5.82 Å². The Hall–Kier alpha value is -1.40. The Morgan fingerprint density at radius 2 is 2.20 bits per heavy atom. The van der Waals surface area contributed by atoms with Crippen molar-refractivity contribution in [2.45, 2.75) is 13.3 Å². The minimum absolute atomic E-state index is 0.318. The summed E-state index contributed by atoms with van der Waals surface area (Å²) in [5.41, 5.74) is 7.57. The third kappa shape index (κ3) is 2.45. The molecule has 2 rings (SSSR count). The summed E-state index contributed by atoms with van der Waals surface area (Å²) in [4.78, 5) is 12.7. The molecule has 6 heteroatoms. The van der Waals surface area contributed by atoms with Crippen LogP contribution in [-0.2, 0) is 11.2 Å². The lowest BCUT2D eigenvalue weighted by atomic mass is 10.1. The van der Waals surface area contributed by atoms with Gasteiger partial charge in [-0.2, -0.15) is 0 Å². The van der Waals surface area contributed by atoms with E-state index in [9.17, 15) is 9.18 Å². The first-order chi connectivity index (χ1) is 9.51. The van der Waals surface area contributed by atoms with Gasteiger partial charge < -0.3 is 10.5 Å². The van der Waals surface area contributed by atoms with E-state index in [0.29, 0.717) is 31.9 Å². The maximum absolute atomic E-state index is 14.2. The van der Waals surface area contributed by atoms with E-state index in [0.717, 1.165) is 16.9 Å². The van der Waals surface area contributed by atoms with Crippen LogP contribution in [0.2, 0.25) is 0 Å². The van der Waals surface area contributed by atoms with Gasteiger partial charge in [-0.15, -0.1) is 11.3 Å². The molecule has 1 heterocycles. The molecule has 20 heavy (non-hydrogen) atoms. The molecule has 0 aliphatic carbocycles. The van der Waals surface area contributed by atoms with Gasteiger partial charge in [0.25, 0.3) is 0 Å². The number of nitrogens with two attached hydrogens (primary N) is 1. The summed E-state index contributed by atoms with van der Waals surface area (Å²) >= 11 is 4.32. The average molecular weight is 358 g/mol. The van der Waals surface area contributed by atoms with Crippen LogP contribution in [0.3, 0.4) is 0 Å². The Morgan fingerprint density at radius 3 is 2.80 bits per heavy atom. The highest BCUT2D eigenvalue weighted by atomic mass is 79.9. The van der Waals surface area contributed by atoms with Crippen LogP contribution >= 0.6 is 27.3 Å². The molecule has 3 nitrogen and oxygen atoms in total. The summed E-state index contributed by atoms with van der Waals surface area (Å²) < 4.78 is 19.3. The standard InChI is InChI=1S/C14H13BrFNO2S/c1-3-7-11(17)13(14(18)19-2)20-12(7)8-5-4-6-9(15)10(8)16/h4-6H,3,17H2,1-2H3. The number of nitrogen functional groups attached to an aromatic ring is 1. The van der Waals surface area contributed by atoms with E-state index in [-0.39, 0.29) is 5.82 Å². The van der Waals surface area contributed by atoms with E-state index in [2.05, 4.69) is 15.9 Å². The van der Waals surface area contributed by atoms with Gasteiger partial charge in [0, 0.05) is 10.4 Å². The highest BCUT2D eigenvalue weighted by Gasteiger charge is 2.23. The highest BCUT2D eigenvalue weighted by molar-refractivity contribution is 9.10. The normalized spacial score (nSPS) is 10.6. The Kier molecular flexibility index (Phi) is 4.45. The molecule has 0 bridgehead atoms. The summed E-state index contributed by atoms with van der Waals surface area (Å²) in [6, 6.07) is 5.05. The van der Waals surface area contributed by atoms with Gasteiger partial charge in [0.2, 0.25) is 0 Å². The quantitative estimate of drug-likeness (QED) is 0.835. The van der Waals surface area contributed by atoms with Gasteiger partial charge in [-0.05, 0) is 34.0 Å². The zero-order chi connectivity index (χ0) is 14.9. The van der Waals surface area contributed by atoms with Gasteiger partial charge in [0.1, 0.15) is 10.7 Å². The topological polar surface area (TPSA) is 52.3 Å². The van der Waals surface area contributed by atoms with E-state index < -0.39 is 5.97 Å². The molecular formula is C14H13BrFNO2S. The van der Waals surface area contributed by atoms with Crippen molar-refractivity contribution in [1.82, 2.24) is 0 Å². The van der Waals surface area contributed by atoms with Gasteiger partial charge in [-0.3, -0.25) is 0 Å². The predicted octanol–water partition coefficient (Wildman–Crippen LogP) is 4.25. The molecule has 1 aromatic heterocycles. The number of carbonyl (C=O) groups excluding carboxylic acids is 1. The van der Waals surface area contributed by atoms with Gasteiger partial charge >= 0.3 is 5.97 Å². The van der Waals surface area contributed by atoms with Crippen molar-refractivity contribution in [1.29, 1.82) is 0 Å². The molecule has 0 unspecified atom stereocenters. The molecule has 2 aromatic rings. The van der Waals surface area contributed by atoms with E-state index in [1.54, 1.807) is 18.2 Å². The highest BCUT2D eigenvalue weighted by Crippen LogP contribution is 2.41. The predicted molar refractivity (Wildman–Crippen MR) is 82.5 cm³/mol. The fourth-order valence-electron chi connectivity index (χ4n) is 1.97. The Bertz CT molecular complexity index is 669. The molecule has 0 radical (unpaired) electrons. The van der Waals surface area contributed by atoms with Crippen molar-refractivity contribution < 1.29 is 13.9 Å². The number of benzene rings is 1. The van der Waals surface area contributed by atoms with E-state index in [1.807, 2.05) is 6.92 Å². The second-order valence-corrected chi connectivity index (χ2v) is 5.97. The van der Waals surface area contributed by atoms with Crippen LogP contribution in [0.25, 0.3) is 10.4 Å². The lowest BCUT2D eigenvalue weighted by Crippen LogP contribution is -2.02. The average Bonchev–Trinajstić information content (AvgIpc) is 2.77. The van der Waals surface area contributed by atoms with Crippen LogP contribution in [0.5, 0.6) is 0 Å². The molecule has 0 fully saturated rings. The van der Waals surface area contributed by atoms with Gasteiger partial charge in [0.05, 0.1) is 17.3 Å². The number of esters is 1. The number of rotatable bonds is 3. The lowest BCUT2D eigenvalue weighted by Gasteiger charge is -2.05. The van der Waals surface area contributed by atoms with Crippen LogP contribution in [0.4, 0.5) is 10.1 Å². The molecule has 106 valence electrons. The third-order valence-electron chi connectivity index (χ3n) is 2.97. The first-order valence-corrected chi connectivity index (χ1v) is 7.56. The molecule has 0 aliphatic rings. The zero-order valence-corrected chi connectivity index (χ0v) is 13.4. The molecule has 0 aliphatic heterocycles. The number of thiophene rings is 1. The second kappa shape index (κ2) is 5.93. The summed E-state index contributed by atoms with van der Waals surface area (Å²) in [5, 5.41) is 0. The second-order valence-electron chi connectivity index (χ2n) is 4.10. The van der Waals surface area contributed by atoms with Crippen molar-refractivity contribution in [3.05, 3.63) is 38.9 Å². The van der Waals surface area contributed by atoms with Crippen molar-refractivity contribution in [3.8, 4) is 10.4 Å². The summed E-state index contributed by atoms with van der Waals surface area (Å²) in [7, 11) is 1.30. The number of carbonyl (C=O) groups is 1. The SMILES string of the molecule is CCc1c(-c2cccc(Br)c2F)sc(C(=O)OC)c1N. The molecule has 2 N–H and O–H groups in total. The van der Waals surface area contributed by atoms with Crippen molar-refractivity contribution >= 4 is 38.9 Å². The van der Waals surface area contributed by atoms with E-state index >= 15 is 0 Å². The molecule has 0 spiro atoms. The van der Waals surface area contributed by atoms with Crippen molar-refractivity contribution in [2.75, 3.05) is 12.8 Å². The minimum Gasteiger partial charge on any atom is -0.465 e. The van der Waals surface area contributed by atoms with Crippen LogP contribution < -0.4 is 5.73 Å². The molecule has 0 atom stereocenters. The van der Waals surface area contributed by atoms with Crippen molar-refractivity contribution in [2.24, 2.45) is 0 Å². The maximum atomic E-state index is 14.2. The number of halogens is 2. The summed E-state index contributed by atoms with van der Waals surface area (Å²) in [5.74, 6) is -0.858. The lowest BCUT2D eigenvalue weighted by molar-refractivity contribution is 0.0607. The monoisotopic (exact) mass is 357 g/mol. The fraction of sp³-hybridized carbons (Fsp3) is 0.214. The first-order valence-electron chi connectivity index (χ1n) is 5.95. The molecule has 0 saturated heterocycles. The van der Waals surface area contributed by atoms with Gasteiger partial charge in [-0.1, -0.05) is 19.1 Å².